The van der Waals surface area contributed by atoms with E-state index in [0.29, 0.717) is 17.2 Å². The molecule has 3 amide bonds. The van der Waals surface area contributed by atoms with Gasteiger partial charge in [0.1, 0.15) is 0 Å². The van der Waals surface area contributed by atoms with Gasteiger partial charge in [-0.1, -0.05) is 13.8 Å². The summed E-state index contributed by atoms with van der Waals surface area (Å²) in [4.78, 5) is 37.6. The van der Waals surface area contributed by atoms with E-state index >= 15 is 0 Å². The van der Waals surface area contributed by atoms with Gasteiger partial charge in [-0.25, -0.2) is 0 Å². The summed E-state index contributed by atoms with van der Waals surface area (Å²) in [6.07, 6.45) is 1.52. The lowest BCUT2D eigenvalue weighted by atomic mass is 9.95. The largest absolute Gasteiger partial charge is 0.366 e. The smallest absolute Gasteiger partial charge is 0.248 e. The van der Waals surface area contributed by atoms with Gasteiger partial charge in [0.05, 0.1) is 6.54 Å². The van der Waals surface area contributed by atoms with Gasteiger partial charge in [-0.15, -0.1) is 0 Å². The van der Waals surface area contributed by atoms with Crippen LogP contribution in [0.1, 0.15) is 44.0 Å². The second-order valence-electron chi connectivity index (χ2n) is 7.58. The van der Waals surface area contributed by atoms with Gasteiger partial charge in [0.25, 0.3) is 0 Å². The van der Waals surface area contributed by atoms with Gasteiger partial charge in [0.15, 0.2) is 0 Å². The third kappa shape index (κ3) is 6.36. The van der Waals surface area contributed by atoms with Crippen molar-refractivity contribution in [2.24, 2.45) is 17.6 Å². The van der Waals surface area contributed by atoms with Gasteiger partial charge in [-0.3, -0.25) is 19.3 Å². The molecule has 0 spiro atoms. The Bertz CT molecular complexity index is 664. The lowest BCUT2D eigenvalue weighted by Gasteiger charge is -2.31. The number of carbonyl (C=O) groups is 3. The first-order valence-electron chi connectivity index (χ1n) is 9.48. The Hall–Kier alpha value is -2.41. The predicted octanol–water partition coefficient (Wildman–Crippen LogP) is 1.60. The third-order valence-electron chi connectivity index (χ3n) is 5.15. The van der Waals surface area contributed by atoms with Gasteiger partial charge in [-0.05, 0) is 63.0 Å². The van der Waals surface area contributed by atoms with Crippen molar-refractivity contribution < 1.29 is 14.4 Å². The van der Waals surface area contributed by atoms with E-state index in [9.17, 15) is 14.4 Å². The van der Waals surface area contributed by atoms with Crippen LogP contribution in [0.2, 0.25) is 0 Å². The Morgan fingerprint density at radius 1 is 1.11 bits per heavy atom. The molecule has 7 heteroatoms. The van der Waals surface area contributed by atoms with Crippen LogP contribution in [0.15, 0.2) is 24.3 Å². The average Bonchev–Trinajstić information content (AvgIpc) is 2.62. The summed E-state index contributed by atoms with van der Waals surface area (Å²) in [6, 6.07) is 6.65. The van der Waals surface area contributed by atoms with Crippen LogP contribution in [-0.2, 0) is 9.59 Å². The van der Waals surface area contributed by atoms with E-state index in [-0.39, 0.29) is 30.3 Å². The fraction of sp³-hybridized carbons (Fsp3) is 0.550. The van der Waals surface area contributed by atoms with Crippen LogP contribution < -0.4 is 16.4 Å². The first kappa shape index (κ1) is 20.9. The van der Waals surface area contributed by atoms with E-state index < -0.39 is 5.91 Å². The fourth-order valence-corrected chi connectivity index (χ4v) is 2.98. The molecule has 1 aromatic carbocycles. The van der Waals surface area contributed by atoms with Gasteiger partial charge >= 0.3 is 0 Å². The van der Waals surface area contributed by atoms with Gasteiger partial charge in [-0.2, -0.15) is 0 Å². The molecule has 148 valence electrons. The maximum atomic E-state index is 12.3. The molecule has 1 atom stereocenters. The SMILES string of the molecule is CC(C)[C@H](C)NC(=O)C1CCN(CC(=O)Nc2ccc(C(N)=O)cc2)CC1. The van der Waals surface area contributed by atoms with E-state index in [1.54, 1.807) is 24.3 Å². The number of nitrogens with zero attached hydrogens (tertiary/aromatic N) is 1. The number of hydrogen-bond donors (Lipinski definition) is 3. The molecule has 0 unspecified atom stereocenters. The number of hydrogen-bond acceptors (Lipinski definition) is 4. The summed E-state index contributed by atoms with van der Waals surface area (Å²) in [7, 11) is 0. The lowest BCUT2D eigenvalue weighted by molar-refractivity contribution is -0.127. The summed E-state index contributed by atoms with van der Waals surface area (Å²) in [5.74, 6) is -0.0581. The molecule has 1 aliphatic heterocycles. The highest BCUT2D eigenvalue weighted by atomic mass is 16.2. The summed E-state index contributed by atoms with van der Waals surface area (Å²) >= 11 is 0. The van der Waals surface area contributed by atoms with Crippen molar-refractivity contribution in [1.29, 1.82) is 0 Å². The number of nitrogens with two attached hydrogens (primary N) is 1. The Balaban J connectivity index is 1.75. The van der Waals surface area contributed by atoms with Gasteiger partial charge < -0.3 is 16.4 Å². The van der Waals surface area contributed by atoms with Crippen molar-refractivity contribution in [3.8, 4) is 0 Å². The molecule has 27 heavy (non-hydrogen) atoms. The van der Waals surface area contributed by atoms with Crippen LogP contribution >= 0.6 is 0 Å². The second kappa shape index (κ2) is 9.50. The van der Waals surface area contributed by atoms with E-state index in [1.165, 1.54) is 0 Å². The number of piperidine rings is 1. The maximum Gasteiger partial charge on any atom is 0.248 e. The molecular formula is C20H30N4O3. The Morgan fingerprint density at radius 3 is 2.22 bits per heavy atom. The first-order valence-corrected chi connectivity index (χ1v) is 9.48. The molecule has 0 radical (unpaired) electrons. The predicted molar refractivity (Wildman–Crippen MR) is 105 cm³/mol. The standard InChI is InChI=1S/C20H30N4O3/c1-13(2)14(3)22-20(27)16-8-10-24(11-9-16)12-18(25)23-17-6-4-15(5-7-17)19(21)26/h4-7,13-14,16H,8-12H2,1-3H3,(H2,21,26)(H,22,27)(H,23,25)/t14-/m0/s1. The van der Waals surface area contributed by atoms with E-state index in [0.717, 1.165) is 25.9 Å². The summed E-state index contributed by atoms with van der Waals surface area (Å²) < 4.78 is 0. The van der Waals surface area contributed by atoms with E-state index in [1.807, 2.05) is 6.92 Å². The lowest BCUT2D eigenvalue weighted by Crippen LogP contribution is -2.45. The minimum atomic E-state index is -0.498. The summed E-state index contributed by atoms with van der Waals surface area (Å²) in [5, 5.41) is 5.90. The molecule has 1 aromatic rings. The normalized spacial score (nSPS) is 16.7. The first-order chi connectivity index (χ1) is 12.8. The van der Waals surface area contributed by atoms with Crippen molar-refractivity contribution in [3.05, 3.63) is 29.8 Å². The van der Waals surface area contributed by atoms with Crippen LogP contribution in [0.4, 0.5) is 5.69 Å². The molecule has 7 nitrogen and oxygen atoms in total. The van der Waals surface area contributed by atoms with E-state index in [4.69, 9.17) is 5.73 Å². The molecule has 0 saturated carbocycles. The molecule has 0 aliphatic carbocycles. The fourth-order valence-electron chi connectivity index (χ4n) is 2.98. The summed E-state index contributed by atoms with van der Waals surface area (Å²) in [6.45, 7) is 7.94. The van der Waals surface area contributed by atoms with Gasteiger partial charge in [0, 0.05) is 23.2 Å². The molecular weight excluding hydrogens is 344 g/mol. The molecule has 4 N–H and O–H groups in total. The van der Waals surface area contributed by atoms with Crippen molar-refractivity contribution in [2.75, 3.05) is 25.0 Å². The molecule has 1 heterocycles. The molecule has 1 saturated heterocycles. The number of amides is 3. The number of rotatable bonds is 7. The number of anilines is 1. The van der Waals surface area contributed by atoms with Crippen LogP contribution in [0, 0.1) is 11.8 Å². The van der Waals surface area contributed by atoms with E-state index in [2.05, 4.69) is 29.4 Å². The van der Waals surface area contributed by atoms with Crippen LogP contribution in [0.25, 0.3) is 0 Å². The van der Waals surface area contributed by atoms with Crippen LogP contribution in [-0.4, -0.2) is 48.3 Å². The Morgan fingerprint density at radius 2 is 1.70 bits per heavy atom. The average molecular weight is 374 g/mol. The zero-order valence-corrected chi connectivity index (χ0v) is 16.3. The van der Waals surface area contributed by atoms with Crippen molar-refractivity contribution in [1.82, 2.24) is 10.2 Å². The zero-order chi connectivity index (χ0) is 20.0. The van der Waals surface area contributed by atoms with Crippen molar-refractivity contribution in [2.45, 2.75) is 39.7 Å². The minimum Gasteiger partial charge on any atom is -0.366 e. The monoisotopic (exact) mass is 374 g/mol. The topological polar surface area (TPSA) is 105 Å². The number of nitrogens with one attached hydrogen (secondary N) is 2. The maximum absolute atomic E-state index is 12.3. The highest BCUT2D eigenvalue weighted by Crippen LogP contribution is 2.18. The zero-order valence-electron chi connectivity index (χ0n) is 16.3. The van der Waals surface area contributed by atoms with Gasteiger partial charge in [0.2, 0.25) is 17.7 Å². The third-order valence-corrected chi connectivity index (χ3v) is 5.15. The second-order valence-corrected chi connectivity index (χ2v) is 7.58. The Kier molecular flexibility index (Phi) is 7.36. The molecule has 1 aliphatic rings. The summed E-state index contributed by atoms with van der Waals surface area (Å²) in [5.41, 5.74) is 6.23. The van der Waals surface area contributed by atoms with Crippen LogP contribution in [0.5, 0.6) is 0 Å². The molecule has 0 bridgehead atoms. The van der Waals surface area contributed by atoms with Crippen molar-refractivity contribution >= 4 is 23.4 Å². The Labute approximate surface area is 160 Å². The quantitative estimate of drug-likeness (QED) is 0.674. The molecule has 1 fully saturated rings. The highest BCUT2D eigenvalue weighted by molar-refractivity contribution is 5.95. The number of benzene rings is 1. The van der Waals surface area contributed by atoms with Crippen LogP contribution in [0.3, 0.4) is 0 Å². The minimum absolute atomic E-state index is 0.0202. The molecule has 0 aromatic heterocycles. The number of likely N-dealkylation sites (tertiary alicyclic amines) is 1. The molecule has 2 rings (SSSR count). The number of primary amides is 1. The number of carbonyl (C=O) groups excluding carboxylic acids is 3. The van der Waals surface area contributed by atoms with Crippen molar-refractivity contribution in [3.63, 3.8) is 0 Å². The highest BCUT2D eigenvalue weighted by Gasteiger charge is 2.27.